The third kappa shape index (κ3) is 4.16. The molecule has 0 saturated heterocycles. The molecule has 0 atom stereocenters. The first kappa shape index (κ1) is 11.8. The van der Waals surface area contributed by atoms with Crippen LogP contribution in [0.2, 0.25) is 0 Å². The molecule has 4 heteroatoms. The summed E-state index contributed by atoms with van der Waals surface area (Å²) < 4.78 is 30.4. The van der Waals surface area contributed by atoms with Gasteiger partial charge in [0.15, 0.2) is 5.78 Å². The van der Waals surface area contributed by atoms with Crippen LogP contribution in [0.5, 0.6) is 0 Å². The maximum absolute atomic E-state index is 12.7. The Kier molecular flexibility index (Phi) is 4.37. The lowest BCUT2D eigenvalue weighted by Gasteiger charge is -2.02. The van der Waals surface area contributed by atoms with Gasteiger partial charge >= 0.3 is 0 Å². The Balaban J connectivity index is 2.60. The molecule has 0 saturated carbocycles. The molecule has 0 N–H and O–H groups in total. The van der Waals surface area contributed by atoms with Crippen LogP contribution in [0, 0.1) is 11.6 Å². The highest BCUT2D eigenvalue weighted by molar-refractivity contribution is 5.82. The third-order valence-corrected chi connectivity index (χ3v) is 1.79. The van der Waals surface area contributed by atoms with Crippen molar-refractivity contribution in [3.63, 3.8) is 0 Å². The molecule has 15 heavy (non-hydrogen) atoms. The number of ketones is 1. The zero-order valence-electron chi connectivity index (χ0n) is 8.43. The third-order valence-electron chi connectivity index (χ3n) is 1.79. The summed E-state index contributed by atoms with van der Waals surface area (Å²) in [6, 6.07) is 3.07. The fourth-order valence-electron chi connectivity index (χ4n) is 1.21. The van der Waals surface area contributed by atoms with Gasteiger partial charge in [0, 0.05) is 19.1 Å². The van der Waals surface area contributed by atoms with Crippen molar-refractivity contribution in [3.05, 3.63) is 35.4 Å². The van der Waals surface area contributed by atoms with Gasteiger partial charge in [0.05, 0.1) is 0 Å². The minimum atomic E-state index is -0.672. The van der Waals surface area contributed by atoms with Crippen LogP contribution in [0.1, 0.15) is 12.5 Å². The highest BCUT2D eigenvalue weighted by Crippen LogP contribution is 2.08. The number of ether oxygens (including phenoxy) is 1. The van der Waals surface area contributed by atoms with Crippen molar-refractivity contribution in [1.29, 1.82) is 0 Å². The zero-order valence-corrected chi connectivity index (χ0v) is 8.43. The van der Waals surface area contributed by atoms with Crippen molar-refractivity contribution < 1.29 is 18.3 Å². The van der Waals surface area contributed by atoms with E-state index >= 15 is 0 Å². The summed E-state index contributed by atoms with van der Waals surface area (Å²) in [5, 5.41) is 0. The Morgan fingerprint density at radius 2 is 1.87 bits per heavy atom. The fourth-order valence-corrected chi connectivity index (χ4v) is 1.21. The quantitative estimate of drug-likeness (QED) is 0.750. The smallest absolute Gasteiger partial charge is 0.162 e. The first-order valence-electron chi connectivity index (χ1n) is 4.66. The Morgan fingerprint density at radius 1 is 1.27 bits per heavy atom. The van der Waals surface area contributed by atoms with Gasteiger partial charge in [0.25, 0.3) is 0 Å². The summed E-state index contributed by atoms with van der Waals surface area (Å²) in [6.07, 6.45) is -0.00528. The number of hydrogen-bond donors (Lipinski definition) is 0. The molecule has 82 valence electrons. The Bertz CT molecular complexity index is 330. The topological polar surface area (TPSA) is 26.3 Å². The van der Waals surface area contributed by atoms with E-state index in [2.05, 4.69) is 0 Å². The number of Topliss-reactive ketones (excluding diaryl/α,β-unsaturated/α-hetero) is 1. The van der Waals surface area contributed by atoms with Crippen molar-refractivity contribution in [1.82, 2.24) is 0 Å². The van der Waals surface area contributed by atoms with Gasteiger partial charge in [-0.05, 0) is 24.6 Å². The van der Waals surface area contributed by atoms with E-state index in [1.165, 1.54) is 0 Å². The number of benzene rings is 1. The molecule has 0 aliphatic carbocycles. The second-order valence-corrected chi connectivity index (χ2v) is 3.13. The molecule has 0 amide bonds. The maximum atomic E-state index is 12.7. The number of halogens is 2. The first-order valence-corrected chi connectivity index (χ1v) is 4.66. The Labute approximate surface area is 86.9 Å². The highest BCUT2D eigenvalue weighted by Gasteiger charge is 2.06. The fraction of sp³-hybridized carbons (Fsp3) is 0.364. The normalized spacial score (nSPS) is 10.3. The van der Waals surface area contributed by atoms with Crippen LogP contribution in [0.4, 0.5) is 8.78 Å². The minimum Gasteiger partial charge on any atom is -0.374 e. The standard InChI is InChI=1S/C11H12F2O2/c1-2-15-7-11(14)5-8-3-9(12)6-10(13)4-8/h3-4,6H,2,5,7H2,1H3. The van der Waals surface area contributed by atoms with Crippen LogP contribution in [0.15, 0.2) is 18.2 Å². The first-order chi connectivity index (χ1) is 7.11. The summed E-state index contributed by atoms with van der Waals surface area (Å²) in [5.74, 6) is -1.54. The van der Waals surface area contributed by atoms with Gasteiger partial charge < -0.3 is 4.74 Å². The molecule has 0 spiro atoms. The van der Waals surface area contributed by atoms with Gasteiger partial charge in [0.2, 0.25) is 0 Å². The number of rotatable bonds is 5. The summed E-state index contributed by atoms with van der Waals surface area (Å²) in [6.45, 7) is 2.20. The van der Waals surface area contributed by atoms with Crippen molar-refractivity contribution in [2.24, 2.45) is 0 Å². The van der Waals surface area contributed by atoms with E-state index in [4.69, 9.17) is 4.74 Å². The molecule has 0 aromatic heterocycles. The van der Waals surface area contributed by atoms with E-state index in [0.717, 1.165) is 18.2 Å². The number of hydrogen-bond acceptors (Lipinski definition) is 2. The minimum absolute atomic E-state index is 0.00528. The zero-order chi connectivity index (χ0) is 11.3. The van der Waals surface area contributed by atoms with Crippen molar-refractivity contribution in [3.8, 4) is 0 Å². The van der Waals surface area contributed by atoms with Gasteiger partial charge in [-0.2, -0.15) is 0 Å². The lowest BCUT2D eigenvalue weighted by Crippen LogP contribution is -2.11. The van der Waals surface area contributed by atoms with Crippen molar-refractivity contribution in [2.75, 3.05) is 13.2 Å². The van der Waals surface area contributed by atoms with E-state index in [-0.39, 0.29) is 18.8 Å². The molecule has 1 aromatic carbocycles. The monoisotopic (exact) mass is 214 g/mol. The van der Waals surface area contributed by atoms with Crippen LogP contribution in [0.25, 0.3) is 0 Å². The molecular weight excluding hydrogens is 202 g/mol. The molecule has 0 aliphatic heterocycles. The lowest BCUT2D eigenvalue weighted by atomic mass is 10.1. The van der Waals surface area contributed by atoms with Crippen LogP contribution >= 0.6 is 0 Å². The lowest BCUT2D eigenvalue weighted by molar-refractivity contribution is -0.122. The molecule has 1 aromatic rings. The molecule has 0 aliphatic rings. The molecule has 0 fully saturated rings. The Hall–Kier alpha value is -1.29. The maximum Gasteiger partial charge on any atom is 0.162 e. The van der Waals surface area contributed by atoms with Gasteiger partial charge in [-0.15, -0.1) is 0 Å². The van der Waals surface area contributed by atoms with E-state index in [1.54, 1.807) is 6.92 Å². The molecular formula is C11H12F2O2. The molecule has 2 nitrogen and oxygen atoms in total. The van der Waals surface area contributed by atoms with Gasteiger partial charge in [-0.1, -0.05) is 0 Å². The molecule has 0 unspecified atom stereocenters. The van der Waals surface area contributed by atoms with E-state index in [9.17, 15) is 13.6 Å². The van der Waals surface area contributed by atoms with Gasteiger partial charge in [-0.25, -0.2) is 8.78 Å². The van der Waals surface area contributed by atoms with Crippen LogP contribution in [-0.2, 0) is 16.0 Å². The second-order valence-electron chi connectivity index (χ2n) is 3.13. The molecule has 0 heterocycles. The Morgan fingerprint density at radius 3 is 2.40 bits per heavy atom. The largest absolute Gasteiger partial charge is 0.374 e. The highest BCUT2D eigenvalue weighted by atomic mass is 19.1. The number of carbonyl (C=O) groups is 1. The summed E-state index contributed by atoms with van der Waals surface area (Å²) in [4.78, 5) is 11.2. The van der Waals surface area contributed by atoms with E-state index in [1.807, 2.05) is 0 Å². The second kappa shape index (κ2) is 5.56. The van der Waals surface area contributed by atoms with Crippen LogP contribution < -0.4 is 0 Å². The molecule has 0 radical (unpaired) electrons. The predicted molar refractivity (Wildman–Crippen MR) is 51.6 cm³/mol. The van der Waals surface area contributed by atoms with Gasteiger partial charge in [-0.3, -0.25) is 4.79 Å². The van der Waals surface area contributed by atoms with Crippen molar-refractivity contribution in [2.45, 2.75) is 13.3 Å². The predicted octanol–water partition coefficient (Wildman–Crippen LogP) is 2.11. The molecule has 0 bridgehead atoms. The van der Waals surface area contributed by atoms with Crippen LogP contribution in [-0.4, -0.2) is 19.0 Å². The average molecular weight is 214 g/mol. The van der Waals surface area contributed by atoms with Crippen LogP contribution in [0.3, 0.4) is 0 Å². The SMILES string of the molecule is CCOCC(=O)Cc1cc(F)cc(F)c1. The van der Waals surface area contributed by atoms with Gasteiger partial charge in [0.1, 0.15) is 18.2 Å². The summed E-state index contributed by atoms with van der Waals surface area (Å²) in [7, 11) is 0. The van der Waals surface area contributed by atoms with E-state index in [0.29, 0.717) is 12.2 Å². The number of carbonyl (C=O) groups excluding carboxylic acids is 1. The van der Waals surface area contributed by atoms with E-state index < -0.39 is 11.6 Å². The van der Waals surface area contributed by atoms with Crippen molar-refractivity contribution >= 4 is 5.78 Å². The average Bonchev–Trinajstić information content (AvgIpc) is 2.13. The molecule has 1 rings (SSSR count). The summed E-state index contributed by atoms with van der Waals surface area (Å²) >= 11 is 0. The summed E-state index contributed by atoms with van der Waals surface area (Å²) in [5.41, 5.74) is 0.331.